The highest BCUT2D eigenvalue weighted by Crippen LogP contribution is 2.22. The lowest BCUT2D eigenvalue weighted by atomic mass is 10.1. The molecule has 1 aliphatic heterocycles. The van der Waals surface area contributed by atoms with Crippen molar-refractivity contribution in [2.45, 2.75) is 25.5 Å². The Kier molecular flexibility index (Phi) is 8.58. The molecule has 0 aliphatic carbocycles. The molecule has 2 amide bonds. The first kappa shape index (κ1) is 25.7. The standard InChI is InChI=1S/C27H26BrFN4O3/c28-21-8-9-25(24(15-21)27(36)32-30-16-19-2-1-3-22(29)14-19)31-26(35)20-6-4-18(5-7-20)17-33-12-10-23(34)11-13-33/h1-9,14-16,23,34H,10-13,17H2,(H,31,35)(H,32,36). The van der Waals surface area contributed by atoms with Gasteiger partial charge in [-0.2, -0.15) is 5.10 Å². The number of aliphatic hydroxyl groups excluding tert-OH is 1. The zero-order chi connectivity index (χ0) is 25.5. The first-order valence-electron chi connectivity index (χ1n) is 11.6. The fourth-order valence-corrected chi connectivity index (χ4v) is 4.28. The van der Waals surface area contributed by atoms with Crippen molar-refractivity contribution >= 4 is 39.6 Å². The van der Waals surface area contributed by atoms with Gasteiger partial charge in [-0.25, -0.2) is 9.82 Å². The van der Waals surface area contributed by atoms with E-state index in [0.29, 0.717) is 21.3 Å². The largest absolute Gasteiger partial charge is 0.393 e. The van der Waals surface area contributed by atoms with Crippen LogP contribution in [0.4, 0.5) is 10.1 Å². The van der Waals surface area contributed by atoms with Crippen LogP contribution in [0, 0.1) is 5.82 Å². The topological polar surface area (TPSA) is 94.0 Å². The van der Waals surface area contributed by atoms with Crippen molar-refractivity contribution in [3.8, 4) is 0 Å². The summed E-state index contributed by atoms with van der Waals surface area (Å²) in [4.78, 5) is 27.9. The molecule has 1 saturated heterocycles. The number of aliphatic hydroxyl groups is 1. The minimum absolute atomic E-state index is 0.210. The first-order chi connectivity index (χ1) is 17.4. The molecule has 0 saturated carbocycles. The van der Waals surface area contributed by atoms with E-state index in [0.717, 1.165) is 38.0 Å². The molecule has 3 aromatic carbocycles. The fraction of sp³-hybridized carbons (Fsp3) is 0.222. The summed E-state index contributed by atoms with van der Waals surface area (Å²) < 4.78 is 14.0. The Morgan fingerprint density at radius 3 is 2.53 bits per heavy atom. The van der Waals surface area contributed by atoms with E-state index in [1.807, 2.05) is 12.1 Å². The Morgan fingerprint density at radius 1 is 1.06 bits per heavy atom. The van der Waals surface area contributed by atoms with Crippen LogP contribution in [0.5, 0.6) is 0 Å². The summed E-state index contributed by atoms with van der Waals surface area (Å²) in [7, 11) is 0. The molecule has 1 fully saturated rings. The summed E-state index contributed by atoms with van der Waals surface area (Å²) in [5.41, 5.74) is 5.01. The van der Waals surface area contributed by atoms with Gasteiger partial charge in [-0.3, -0.25) is 14.5 Å². The highest BCUT2D eigenvalue weighted by atomic mass is 79.9. The molecule has 4 rings (SSSR count). The molecule has 7 nitrogen and oxygen atoms in total. The summed E-state index contributed by atoms with van der Waals surface area (Å²) in [6, 6.07) is 18.1. The van der Waals surface area contributed by atoms with Crippen LogP contribution in [0.3, 0.4) is 0 Å². The summed E-state index contributed by atoms with van der Waals surface area (Å²) in [5.74, 6) is -1.27. The molecule has 0 aromatic heterocycles. The zero-order valence-corrected chi connectivity index (χ0v) is 21.0. The molecule has 3 aromatic rings. The van der Waals surface area contributed by atoms with Gasteiger partial charge < -0.3 is 10.4 Å². The molecule has 1 aliphatic rings. The highest BCUT2D eigenvalue weighted by Gasteiger charge is 2.18. The SMILES string of the molecule is O=C(Nc1ccc(Br)cc1C(=O)NN=Cc1cccc(F)c1)c1ccc(CN2CCC(O)CC2)cc1. The Morgan fingerprint density at radius 2 is 1.81 bits per heavy atom. The van der Waals surface area contributed by atoms with Gasteiger partial charge in [0, 0.05) is 29.7 Å². The second-order valence-electron chi connectivity index (χ2n) is 8.60. The number of nitrogens with one attached hydrogen (secondary N) is 2. The van der Waals surface area contributed by atoms with Gasteiger partial charge in [-0.05, 0) is 66.4 Å². The minimum Gasteiger partial charge on any atom is -0.393 e. The predicted molar refractivity (Wildman–Crippen MR) is 141 cm³/mol. The van der Waals surface area contributed by atoms with Gasteiger partial charge in [0.25, 0.3) is 11.8 Å². The number of hydrazone groups is 1. The molecule has 0 spiro atoms. The van der Waals surface area contributed by atoms with E-state index >= 15 is 0 Å². The van der Waals surface area contributed by atoms with E-state index in [2.05, 4.69) is 36.7 Å². The van der Waals surface area contributed by atoms with Gasteiger partial charge in [0.05, 0.1) is 23.6 Å². The van der Waals surface area contributed by atoms with E-state index in [1.54, 1.807) is 42.5 Å². The van der Waals surface area contributed by atoms with Crippen molar-refractivity contribution in [1.29, 1.82) is 0 Å². The molecule has 3 N–H and O–H groups in total. The van der Waals surface area contributed by atoms with Gasteiger partial charge in [-0.1, -0.05) is 40.2 Å². The van der Waals surface area contributed by atoms with Crippen molar-refractivity contribution in [2.24, 2.45) is 5.10 Å². The van der Waals surface area contributed by atoms with Gasteiger partial charge >= 0.3 is 0 Å². The summed E-state index contributed by atoms with van der Waals surface area (Å²) in [6.07, 6.45) is 2.68. The first-order valence-corrected chi connectivity index (χ1v) is 12.4. The Hall–Kier alpha value is -3.40. The molecule has 0 atom stereocenters. The van der Waals surface area contributed by atoms with E-state index in [9.17, 15) is 19.1 Å². The molecular formula is C27H26BrFN4O3. The number of carbonyl (C=O) groups is 2. The van der Waals surface area contributed by atoms with E-state index in [-0.39, 0.29) is 17.6 Å². The number of nitrogens with zero attached hydrogens (tertiary/aromatic N) is 2. The summed E-state index contributed by atoms with van der Waals surface area (Å²) in [6.45, 7) is 2.47. The van der Waals surface area contributed by atoms with Crippen LogP contribution in [0.2, 0.25) is 0 Å². The van der Waals surface area contributed by atoms with Gasteiger partial charge in [0.1, 0.15) is 5.82 Å². The minimum atomic E-state index is -0.527. The molecular weight excluding hydrogens is 527 g/mol. The fourth-order valence-electron chi connectivity index (χ4n) is 3.92. The van der Waals surface area contributed by atoms with Crippen LogP contribution in [-0.2, 0) is 6.54 Å². The van der Waals surface area contributed by atoms with Gasteiger partial charge in [0.15, 0.2) is 0 Å². The number of likely N-dealkylation sites (tertiary alicyclic amines) is 1. The third-order valence-corrected chi connectivity index (χ3v) is 6.38. The number of rotatable bonds is 7. The molecule has 36 heavy (non-hydrogen) atoms. The second kappa shape index (κ2) is 12.0. The number of benzene rings is 3. The molecule has 0 radical (unpaired) electrons. The van der Waals surface area contributed by atoms with Crippen molar-refractivity contribution in [2.75, 3.05) is 18.4 Å². The number of halogens is 2. The maximum Gasteiger partial charge on any atom is 0.273 e. The highest BCUT2D eigenvalue weighted by molar-refractivity contribution is 9.10. The molecule has 0 bridgehead atoms. The molecule has 0 unspecified atom stereocenters. The summed E-state index contributed by atoms with van der Waals surface area (Å²) in [5, 5.41) is 16.3. The number of carbonyl (C=O) groups excluding carboxylic acids is 2. The summed E-state index contributed by atoms with van der Waals surface area (Å²) >= 11 is 3.35. The van der Waals surface area contributed by atoms with E-state index in [4.69, 9.17) is 0 Å². The average molecular weight is 553 g/mol. The van der Waals surface area contributed by atoms with E-state index < -0.39 is 11.7 Å². The molecule has 9 heteroatoms. The third-order valence-electron chi connectivity index (χ3n) is 5.88. The maximum atomic E-state index is 13.3. The van der Waals surface area contributed by atoms with Gasteiger partial charge in [0.2, 0.25) is 0 Å². The lowest BCUT2D eigenvalue weighted by molar-refractivity contribution is 0.0792. The van der Waals surface area contributed by atoms with Crippen molar-refractivity contribution in [3.63, 3.8) is 0 Å². The molecule has 1 heterocycles. The predicted octanol–water partition coefficient (Wildman–Crippen LogP) is 4.56. The normalized spacial score (nSPS) is 14.6. The average Bonchev–Trinajstić information content (AvgIpc) is 2.87. The maximum absolute atomic E-state index is 13.3. The third kappa shape index (κ3) is 7.07. The van der Waals surface area contributed by atoms with Crippen LogP contribution < -0.4 is 10.7 Å². The smallest absolute Gasteiger partial charge is 0.273 e. The van der Waals surface area contributed by atoms with Crippen LogP contribution in [-0.4, -0.2) is 47.2 Å². The number of hydrogen-bond acceptors (Lipinski definition) is 5. The number of piperidine rings is 1. The number of hydrogen-bond donors (Lipinski definition) is 3. The van der Waals surface area contributed by atoms with Crippen molar-refractivity contribution in [1.82, 2.24) is 10.3 Å². The zero-order valence-electron chi connectivity index (χ0n) is 19.5. The lowest BCUT2D eigenvalue weighted by Gasteiger charge is -2.29. The Labute approximate surface area is 217 Å². The van der Waals surface area contributed by atoms with Gasteiger partial charge in [-0.15, -0.1) is 0 Å². The lowest BCUT2D eigenvalue weighted by Crippen LogP contribution is -2.35. The number of amides is 2. The van der Waals surface area contributed by atoms with E-state index in [1.165, 1.54) is 18.3 Å². The second-order valence-corrected chi connectivity index (χ2v) is 9.52. The van der Waals surface area contributed by atoms with Crippen molar-refractivity contribution in [3.05, 3.63) is 99.3 Å². The van der Waals surface area contributed by atoms with Crippen molar-refractivity contribution < 1.29 is 19.1 Å². The van der Waals surface area contributed by atoms with Crippen LogP contribution in [0.1, 0.15) is 44.7 Å². The Balaban J connectivity index is 1.40. The quantitative estimate of drug-likeness (QED) is 0.296. The van der Waals surface area contributed by atoms with Crippen LogP contribution in [0.15, 0.2) is 76.3 Å². The Bertz CT molecular complexity index is 1260. The monoisotopic (exact) mass is 552 g/mol. The number of anilines is 1. The van der Waals surface area contributed by atoms with Crippen LogP contribution >= 0.6 is 15.9 Å². The molecule has 186 valence electrons. The van der Waals surface area contributed by atoms with Crippen LogP contribution in [0.25, 0.3) is 0 Å².